The Morgan fingerprint density at radius 2 is 1.82 bits per heavy atom. The van der Waals surface area contributed by atoms with Gasteiger partial charge in [0.15, 0.2) is 0 Å². The Kier molecular flexibility index (Phi) is 3.16. The lowest BCUT2D eigenvalue weighted by atomic mass is 9.99. The lowest BCUT2D eigenvalue weighted by Gasteiger charge is -2.19. The smallest absolute Gasteiger partial charge is 0.135 e. The van der Waals surface area contributed by atoms with Crippen LogP contribution in [0.15, 0.2) is 59.1 Å². The van der Waals surface area contributed by atoms with Crippen LogP contribution in [0, 0.1) is 0 Å². The van der Waals surface area contributed by atoms with Gasteiger partial charge in [-0.1, -0.05) is 28.1 Å². The van der Waals surface area contributed by atoms with E-state index in [0.29, 0.717) is 0 Å². The van der Waals surface area contributed by atoms with E-state index in [4.69, 9.17) is 9.47 Å². The molecule has 1 aliphatic heterocycles. The minimum absolute atomic E-state index is 0.838. The highest BCUT2D eigenvalue weighted by atomic mass is 79.9. The van der Waals surface area contributed by atoms with Crippen molar-refractivity contribution in [2.75, 3.05) is 7.11 Å². The van der Waals surface area contributed by atoms with Crippen LogP contribution in [-0.2, 0) is 0 Å². The van der Waals surface area contributed by atoms with Crippen molar-refractivity contribution in [3.8, 4) is 11.5 Å². The first kappa shape index (κ1) is 13.4. The van der Waals surface area contributed by atoms with E-state index in [9.17, 15) is 0 Å². The molecule has 4 rings (SSSR count). The molecule has 0 aromatic heterocycles. The van der Waals surface area contributed by atoms with Gasteiger partial charge in [-0.2, -0.15) is 0 Å². The molecule has 3 aromatic carbocycles. The lowest BCUT2D eigenvalue weighted by molar-refractivity contribution is 0.414. The van der Waals surface area contributed by atoms with E-state index >= 15 is 0 Å². The van der Waals surface area contributed by atoms with Gasteiger partial charge < -0.3 is 9.47 Å². The van der Waals surface area contributed by atoms with Crippen molar-refractivity contribution in [1.29, 1.82) is 0 Å². The summed E-state index contributed by atoms with van der Waals surface area (Å²) in [6, 6.07) is 18.3. The molecule has 0 fully saturated rings. The van der Waals surface area contributed by atoms with Crippen LogP contribution in [0.5, 0.6) is 11.5 Å². The van der Waals surface area contributed by atoms with E-state index in [1.165, 1.54) is 5.39 Å². The van der Waals surface area contributed by atoms with Crippen LogP contribution < -0.4 is 9.47 Å². The third kappa shape index (κ3) is 2.18. The van der Waals surface area contributed by atoms with Crippen LogP contribution >= 0.6 is 15.9 Å². The zero-order chi connectivity index (χ0) is 15.1. The zero-order valence-electron chi connectivity index (χ0n) is 12.0. The highest BCUT2D eigenvalue weighted by Gasteiger charge is 2.16. The molecule has 0 amide bonds. The van der Waals surface area contributed by atoms with Crippen molar-refractivity contribution in [2.45, 2.75) is 0 Å². The molecule has 0 radical (unpaired) electrons. The topological polar surface area (TPSA) is 18.5 Å². The van der Waals surface area contributed by atoms with E-state index in [1.807, 2.05) is 36.4 Å². The summed E-state index contributed by atoms with van der Waals surface area (Å²) in [6.07, 6.45) is 2.09. The van der Waals surface area contributed by atoms with E-state index in [1.54, 1.807) is 7.11 Å². The summed E-state index contributed by atoms with van der Waals surface area (Å²) in [6.45, 7) is 0. The van der Waals surface area contributed by atoms with Crippen molar-refractivity contribution < 1.29 is 9.47 Å². The molecular weight excluding hydrogens is 340 g/mol. The first-order valence-electron chi connectivity index (χ1n) is 7.01. The fraction of sp³-hybridized carbons (Fsp3) is 0.0526. The summed E-state index contributed by atoms with van der Waals surface area (Å²) in [5, 5.41) is 2.33. The van der Waals surface area contributed by atoms with E-state index < -0.39 is 0 Å². The highest BCUT2D eigenvalue weighted by molar-refractivity contribution is 9.10. The van der Waals surface area contributed by atoms with Crippen molar-refractivity contribution in [2.24, 2.45) is 0 Å². The Hall–Kier alpha value is -2.26. The molecule has 1 heterocycles. The molecule has 0 aliphatic carbocycles. The van der Waals surface area contributed by atoms with Crippen LogP contribution in [-0.4, -0.2) is 7.11 Å². The molecule has 0 unspecified atom stereocenters. The monoisotopic (exact) mass is 352 g/mol. The molecule has 22 heavy (non-hydrogen) atoms. The molecule has 1 aliphatic rings. The minimum atomic E-state index is 0.838. The van der Waals surface area contributed by atoms with Crippen LogP contribution in [0.2, 0.25) is 0 Å². The van der Waals surface area contributed by atoms with Gasteiger partial charge >= 0.3 is 0 Å². The number of halogens is 1. The fourth-order valence-corrected chi connectivity index (χ4v) is 3.27. The van der Waals surface area contributed by atoms with E-state index in [-0.39, 0.29) is 0 Å². The zero-order valence-corrected chi connectivity index (χ0v) is 13.6. The maximum atomic E-state index is 6.11. The van der Waals surface area contributed by atoms with Gasteiger partial charge in [-0.25, -0.2) is 0 Å². The maximum Gasteiger partial charge on any atom is 0.135 e. The second kappa shape index (κ2) is 5.18. The summed E-state index contributed by atoms with van der Waals surface area (Å²) in [5.74, 6) is 2.58. The van der Waals surface area contributed by atoms with Gasteiger partial charge in [0.05, 0.1) is 7.11 Å². The summed E-state index contributed by atoms with van der Waals surface area (Å²) in [4.78, 5) is 0. The Morgan fingerprint density at radius 1 is 1.00 bits per heavy atom. The second-order valence-corrected chi connectivity index (χ2v) is 6.10. The van der Waals surface area contributed by atoms with E-state index in [2.05, 4.69) is 40.2 Å². The standard InChI is InChI=1S/C19H13BrO2/c1-21-16-7-5-12(6-8-16)18-11-14-10-15(20)9-13-3-2-4-17(22-18)19(13)14/h2-11H,1H3. The third-order valence-electron chi connectivity index (χ3n) is 3.81. The first-order chi connectivity index (χ1) is 10.7. The molecule has 0 saturated carbocycles. The van der Waals surface area contributed by atoms with Gasteiger partial charge in [0.2, 0.25) is 0 Å². The third-order valence-corrected chi connectivity index (χ3v) is 4.27. The predicted octanol–water partition coefficient (Wildman–Crippen LogP) is 5.50. The number of benzene rings is 3. The van der Waals surface area contributed by atoms with Gasteiger partial charge in [-0.05, 0) is 59.5 Å². The SMILES string of the molecule is COc1ccc(C2=Cc3cc(Br)cc4cccc(c34)O2)cc1. The Bertz CT molecular complexity index is 895. The number of hydrogen-bond acceptors (Lipinski definition) is 2. The van der Waals surface area contributed by atoms with Crippen molar-refractivity contribution >= 4 is 38.5 Å². The molecule has 0 spiro atoms. The van der Waals surface area contributed by atoms with Gasteiger partial charge in [0.25, 0.3) is 0 Å². The Balaban J connectivity index is 1.88. The lowest BCUT2D eigenvalue weighted by Crippen LogP contribution is -2.01. The maximum absolute atomic E-state index is 6.11. The van der Waals surface area contributed by atoms with Gasteiger partial charge in [0, 0.05) is 15.4 Å². The molecule has 0 bridgehead atoms. The Labute approximate surface area is 137 Å². The normalized spacial score (nSPS) is 12.7. The van der Waals surface area contributed by atoms with Crippen LogP contribution in [0.1, 0.15) is 11.1 Å². The van der Waals surface area contributed by atoms with Gasteiger partial charge in [0.1, 0.15) is 17.3 Å². The molecule has 0 N–H and O–H groups in total. The molecule has 2 nitrogen and oxygen atoms in total. The van der Waals surface area contributed by atoms with Crippen LogP contribution in [0.4, 0.5) is 0 Å². The number of ether oxygens (including phenoxy) is 2. The van der Waals surface area contributed by atoms with Crippen molar-refractivity contribution in [3.05, 3.63) is 70.2 Å². The largest absolute Gasteiger partial charge is 0.497 e. The summed E-state index contributed by atoms with van der Waals surface area (Å²) in [5.41, 5.74) is 2.19. The molecule has 108 valence electrons. The van der Waals surface area contributed by atoms with E-state index in [0.717, 1.165) is 38.2 Å². The summed E-state index contributed by atoms with van der Waals surface area (Å²) < 4.78 is 12.4. The van der Waals surface area contributed by atoms with Crippen molar-refractivity contribution in [3.63, 3.8) is 0 Å². The van der Waals surface area contributed by atoms with Crippen LogP contribution in [0.25, 0.3) is 22.6 Å². The summed E-state index contributed by atoms with van der Waals surface area (Å²) >= 11 is 3.58. The molecule has 3 aromatic rings. The molecule has 3 heteroatoms. The fourth-order valence-electron chi connectivity index (χ4n) is 2.77. The first-order valence-corrected chi connectivity index (χ1v) is 7.80. The summed E-state index contributed by atoms with van der Waals surface area (Å²) in [7, 11) is 1.67. The van der Waals surface area contributed by atoms with Gasteiger partial charge in [-0.3, -0.25) is 0 Å². The number of methoxy groups -OCH3 is 1. The number of hydrogen-bond donors (Lipinski definition) is 0. The average Bonchev–Trinajstić information content (AvgIpc) is 2.54. The van der Waals surface area contributed by atoms with Crippen molar-refractivity contribution in [1.82, 2.24) is 0 Å². The number of rotatable bonds is 2. The molecule has 0 saturated heterocycles. The minimum Gasteiger partial charge on any atom is -0.497 e. The molecule has 0 atom stereocenters. The van der Waals surface area contributed by atoms with Crippen LogP contribution in [0.3, 0.4) is 0 Å². The second-order valence-electron chi connectivity index (χ2n) is 5.19. The average molecular weight is 353 g/mol. The van der Waals surface area contributed by atoms with Gasteiger partial charge in [-0.15, -0.1) is 0 Å². The Morgan fingerprint density at radius 3 is 2.59 bits per heavy atom. The molecular formula is C19H13BrO2. The predicted molar refractivity (Wildman–Crippen MR) is 93.1 cm³/mol. The quantitative estimate of drug-likeness (QED) is 0.606. The highest BCUT2D eigenvalue weighted by Crippen LogP contribution is 2.39.